The van der Waals surface area contributed by atoms with Crippen molar-refractivity contribution in [2.75, 3.05) is 12.4 Å². The van der Waals surface area contributed by atoms with Crippen molar-refractivity contribution in [3.8, 4) is 0 Å². The van der Waals surface area contributed by atoms with E-state index in [1.165, 1.54) is 5.56 Å². The Labute approximate surface area is 108 Å². The molecule has 0 aliphatic heterocycles. The van der Waals surface area contributed by atoms with Gasteiger partial charge in [0.15, 0.2) is 0 Å². The number of aryl methyl sites for hydroxylation is 1. The Kier molecular flexibility index (Phi) is 4.31. The third kappa shape index (κ3) is 3.08. The zero-order chi connectivity index (χ0) is 12.8. The molecule has 1 aromatic carbocycles. The predicted molar refractivity (Wildman–Crippen MR) is 73.5 cm³/mol. The van der Waals surface area contributed by atoms with Crippen molar-refractivity contribution in [3.05, 3.63) is 59.4 Å². The number of ether oxygens (including phenoxy) is 1. The Bertz CT molecular complexity index is 511. The van der Waals surface area contributed by atoms with Gasteiger partial charge in [0.1, 0.15) is 0 Å². The Hall–Kier alpha value is -1.87. The molecule has 2 aromatic rings. The van der Waals surface area contributed by atoms with Crippen LogP contribution in [-0.4, -0.2) is 12.1 Å². The molecule has 0 spiro atoms. The van der Waals surface area contributed by atoms with Gasteiger partial charge in [-0.25, -0.2) is 0 Å². The number of benzene rings is 1. The monoisotopic (exact) mass is 242 g/mol. The molecule has 1 N–H and O–H groups in total. The average molecular weight is 242 g/mol. The predicted octanol–water partition coefficient (Wildman–Crippen LogP) is 3.15. The molecule has 1 aromatic heterocycles. The minimum Gasteiger partial charge on any atom is -0.380 e. The highest BCUT2D eigenvalue weighted by molar-refractivity contribution is 5.51. The van der Waals surface area contributed by atoms with E-state index in [9.17, 15) is 0 Å². The zero-order valence-corrected chi connectivity index (χ0v) is 10.8. The van der Waals surface area contributed by atoms with Crippen LogP contribution < -0.4 is 5.32 Å². The molecule has 0 aliphatic carbocycles. The molecule has 0 amide bonds. The van der Waals surface area contributed by atoms with E-state index in [4.69, 9.17) is 4.74 Å². The SMILES string of the molecule is COCc1ccccc1NCc1ncccc1C. The molecule has 0 radical (unpaired) electrons. The summed E-state index contributed by atoms with van der Waals surface area (Å²) in [5.74, 6) is 0. The number of hydrogen-bond acceptors (Lipinski definition) is 3. The summed E-state index contributed by atoms with van der Waals surface area (Å²) in [7, 11) is 1.71. The van der Waals surface area contributed by atoms with Gasteiger partial charge in [0, 0.05) is 24.6 Å². The summed E-state index contributed by atoms with van der Waals surface area (Å²) in [6, 6.07) is 12.2. The van der Waals surface area contributed by atoms with E-state index in [-0.39, 0.29) is 0 Å². The van der Waals surface area contributed by atoms with Gasteiger partial charge < -0.3 is 10.1 Å². The molecule has 0 fully saturated rings. The molecule has 1 heterocycles. The Morgan fingerprint density at radius 1 is 1.17 bits per heavy atom. The summed E-state index contributed by atoms with van der Waals surface area (Å²) < 4.78 is 5.19. The van der Waals surface area contributed by atoms with E-state index < -0.39 is 0 Å². The van der Waals surface area contributed by atoms with Gasteiger partial charge in [-0.2, -0.15) is 0 Å². The first kappa shape index (κ1) is 12.6. The van der Waals surface area contributed by atoms with Crippen LogP contribution in [0.3, 0.4) is 0 Å². The molecule has 3 heteroatoms. The van der Waals surface area contributed by atoms with Gasteiger partial charge in [-0.1, -0.05) is 24.3 Å². The van der Waals surface area contributed by atoms with Crippen LogP contribution in [-0.2, 0) is 17.9 Å². The number of anilines is 1. The van der Waals surface area contributed by atoms with E-state index in [0.29, 0.717) is 6.61 Å². The number of rotatable bonds is 5. The molecule has 0 atom stereocenters. The second-order valence-corrected chi connectivity index (χ2v) is 4.21. The molecule has 3 nitrogen and oxygen atoms in total. The van der Waals surface area contributed by atoms with E-state index in [0.717, 1.165) is 23.5 Å². The molecule has 94 valence electrons. The smallest absolute Gasteiger partial charge is 0.0733 e. The van der Waals surface area contributed by atoms with Crippen LogP contribution >= 0.6 is 0 Å². The third-order valence-electron chi connectivity index (χ3n) is 2.88. The number of methoxy groups -OCH3 is 1. The summed E-state index contributed by atoms with van der Waals surface area (Å²) in [6.45, 7) is 3.42. The normalized spacial score (nSPS) is 10.3. The second kappa shape index (κ2) is 6.17. The lowest BCUT2D eigenvalue weighted by Gasteiger charge is -2.12. The van der Waals surface area contributed by atoms with Gasteiger partial charge >= 0.3 is 0 Å². The molecular formula is C15H18N2O. The van der Waals surface area contributed by atoms with Crippen LogP contribution in [0.5, 0.6) is 0 Å². The van der Waals surface area contributed by atoms with Crippen molar-refractivity contribution in [2.45, 2.75) is 20.1 Å². The van der Waals surface area contributed by atoms with Gasteiger partial charge in [0.2, 0.25) is 0 Å². The highest BCUT2D eigenvalue weighted by Gasteiger charge is 2.02. The first-order valence-corrected chi connectivity index (χ1v) is 6.02. The number of para-hydroxylation sites is 1. The van der Waals surface area contributed by atoms with Crippen molar-refractivity contribution in [1.29, 1.82) is 0 Å². The Morgan fingerprint density at radius 2 is 2.00 bits per heavy atom. The fraction of sp³-hybridized carbons (Fsp3) is 0.267. The van der Waals surface area contributed by atoms with Gasteiger partial charge in [0.05, 0.1) is 18.8 Å². The zero-order valence-electron chi connectivity index (χ0n) is 10.8. The molecular weight excluding hydrogens is 224 g/mol. The number of nitrogens with one attached hydrogen (secondary N) is 1. The minimum absolute atomic E-state index is 0.615. The van der Waals surface area contributed by atoms with Gasteiger partial charge in [-0.3, -0.25) is 4.98 Å². The second-order valence-electron chi connectivity index (χ2n) is 4.21. The van der Waals surface area contributed by atoms with Crippen molar-refractivity contribution in [2.24, 2.45) is 0 Å². The molecule has 0 unspecified atom stereocenters. The van der Waals surface area contributed by atoms with Crippen LogP contribution in [0.1, 0.15) is 16.8 Å². The molecule has 0 bridgehead atoms. The van der Waals surface area contributed by atoms with Gasteiger partial charge in [0.25, 0.3) is 0 Å². The first-order chi connectivity index (χ1) is 8.81. The molecule has 0 saturated heterocycles. The summed E-state index contributed by atoms with van der Waals surface area (Å²) >= 11 is 0. The van der Waals surface area contributed by atoms with Crippen LogP contribution in [0.2, 0.25) is 0 Å². The maximum Gasteiger partial charge on any atom is 0.0733 e. The number of nitrogens with zero attached hydrogens (tertiary/aromatic N) is 1. The van der Waals surface area contributed by atoms with Crippen LogP contribution in [0.4, 0.5) is 5.69 Å². The Morgan fingerprint density at radius 3 is 2.78 bits per heavy atom. The number of aromatic nitrogens is 1. The quantitative estimate of drug-likeness (QED) is 0.874. The number of pyridine rings is 1. The fourth-order valence-electron chi connectivity index (χ4n) is 1.86. The lowest BCUT2D eigenvalue weighted by atomic mass is 10.1. The lowest BCUT2D eigenvalue weighted by Crippen LogP contribution is -2.05. The van der Waals surface area contributed by atoms with Crippen molar-refractivity contribution in [1.82, 2.24) is 4.98 Å². The highest BCUT2D eigenvalue weighted by atomic mass is 16.5. The molecule has 2 rings (SSSR count). The fourth-order valence-corrected chi connectivity index (χ4v) is 1.86. The van der Waals surface area contributed by atoms with E-state index in [1.54, 1.807) is 7.11 Å². The summed E-state index contributed by atoms with van der Waals surface area (Å²) in [5.41, 5.74) is 4.54. The van der Waals surface area contributed by atoms with Crippen LogP contribution in [0, 0.1) is 6.92 Å². The summed E-state index contributed by atoms with van der Waals surface area (Å²) in [4.78, 5) is 4.38. The summed E-state index contributed by atoms with van der Waals surface area (Å²) in [6.07, 6.45) is 1.82. The number of hydrogen-bond donors (Lipinski definition) is 1. The largest absolute Gasteiger partial charge is 0.380 e. The van der Waals surface area contributed by atoms with Crippen molar-refractivity contribution >= 4 is 5.69 Å². The highest BCUT2D eigenvalue weighted by Crippen LogP contribution is 2.17. The molecule has 18 heavy (non-hydrogen) atoms. The average Bonchev–Trinajstić information content (AvgIpc) is 2.40. The van der Waals surface area contributed by atoms with Crippen molar-refractivity contribution < 1.29 is 4.74 Å². The first-order valence-electron chi connectivity index (χ1n) is 6.02. The summed E-state index contributed by atoms with van der Waals surface area (Å²) in [5, 5.41) is 3.41. The Balaban J connectivity index is 2.08. The van der Waals surface area contributed by atoms with Gasteiger partial charge in [-0.15, -0.1) is 0 Å². The topological polar surface area (TPSA) is 34.1 Å². The maximum absolute atomic E-state index is 5.19. The van der Waals surface area contributed by atoms with Crippen molar-refractivity contribution in [3.63, 3.8) is 0 Å². The molecule has 0 aliphatic rings. The van der Waals surface area contributed by atoms with E-state index >= 15 is 0 Å². The molecule has 0 saturated carbocycles. The van der Waals surface area contributed by atoms with E-state index in [1.807, 2.05) is 24.4 Å². The third-order valence-corrected chi connectivity index (χ3v) is 2.88. The standard InChI is InChI=1S/C15H18N2O/c1-12-6-5-9-16-15(12)10-17-14-8-4-3-7-13(14)11-18-2/h3-9,17H,10-11H2,1-2H3. The van der Waals surface area contributed by atoms with E-state index in [2.05, 4.69) is 35.4 Å². The van der Waals surface area contributed by atoms with Crippen LogP contribution in [0.15, 0.2) is 42.6 Å². The minimum atomic E-state index is 0.615. The van der Waals surface area contributed by atoms with Crippen LogP contribution in [0.25, 0.3) is 0 Å². The maximum atomic E-state index is 5.19. The van der Waals surface area contributed by atoms with Gasteiger partial charge in [-0.05, 0) is 24.6 Å². The lowest BCUT2D eigenvalue weighted by molar-refractivity contribution is 0.185.